The minimum atomic E-state index is -0.145. The molecule has 4 heteroatoms. The summed E-state index contributed by atoms with van der Waals surface area (Å²) in [6.07, 6.45) is 2.80. The number of carbonyl (C=O) groups is 1. The molecule has 2 rings (SSSR count). The van der Waals surface area contributed by atoms with Crippen LogP contribution in [0.4, 0.5) is 0 Å². The lowest BCUT2D eigenvalue weighted by Gasteiger charge is -2.30. The van der Waals surface area contributed by atoms with Crippen molar-refractivity contribution in [2.75, 3.05) is 26.2 Å². The zero-order chi connectivity index (χ0) is 15.2. The fourth-order valence-electron chi connectivity index (χ4n) is 2.77. The average molecular weight is 290 g/mol. The van der Waals surface area contributed by atoms with Crippen LogP contribution in [0.5, 0.6) is 5.75 Å². The fraction of sp³-hybridized carbons (Fsp3) is 0.588. The van der Waals surface area contributed by atoms with E-state index in [2.05, 4.69) is 36.9 Å². The summed E-state index contributed by atoms with van der Waals surface area (Å²) in [6, 6.07) is 6.29. The Morgan fingerprint density at radius 3 is 2.71 bits per heavy atom. The van der Waals surface area contributed by atoms with Crippen LogP contribution in [0.1, 0.15) is 30.4 Å². The van der Waals surface area contributed by atoms with Crippen molar-refractivity contribution in [1.82, 2.24) is 4.90 Å². The number of hydrogen-bond acceptors (Lipinski definition) is 3. The highest BCUT2D eigenvalue weighted by atomic mass is 16.5. The van der Waals surface area contributed by atoms with Crippen LogP contribution in [0.15, 0.2) is 18.2 Å². The van der Waals surface area contributed by atoms with Crippen LogP contribution < -0.4 is 10.5 Å². The molecule has 0 saturated carbocycles. The zero-order valence-corrected chi connectivity index (χ0v) is 13.1. The minimum Gasteiger partial charge on any atom is -0.493 e. The largest absolute Gasteiger partial charge is 0.493 e. The van der Waals surface area contributed by atoms with Gasteiger partial charge in [0.15, 0.2) is 0 Å². The second kappa shape index (κ2) is 7.46. The number of hydrogen-bond donors (Lipinski definition) is 1. The van der Waals surface area contributed by atoms with Crippen molar-refractivity contribution in [3.8, 4) is 5.75 Å². The van der Waals surface area contributed by atoms with Crippen molar-refractivity contribution in [1.29, 1.82) is 0 Å². The molecule has 0 radical (unpaired) electrons. The third-order valence-electron chi connectivity index (χ3n) is 4.21. The third kappa shape index (κ3) is 4.74. The number of ether oxygens (including phenoxy) is 1. The number of aryl methyl sites for hydroxylation is 2. The summed E-state index contributed by atoms with van der Waals surface area (Å²) in [5.41, 5.74) is 7.76. The van der Waals surface area contributed by atoms with E-state index in [1.165, 1.54) is 11.1 Å². The maximum Gasteiger partial charge on any atom is 0.220 e. The Kier molecular flexibility index (Phi) is 5.62. The van der Waals surface area contributed by atoms with Crippen molar-refractivity contribution >= 4 is 5.91 Å². The summed E-state index contributed by atoms with van der Waals surface area (Å²) in [5.74, 6) is 0.919. The number of amides is 1. The second-order valence-electron chi connectivity index (χ2n) is 5.99. The van der Waals surface area contributed by atoms with Crippen molar-refractivity contribution in [3.05, 3.63) is 29.3 Å². The minimum absolute atomic E-state index is 0.0763. The predicted octanol–water partition coefficient (Wildman–Crippen LogP) is 2.27. The van der Waals surface area contributed by atoms with E-state index in [9.17, 15) is 4.79 Å². The smallest absolute Gasteiger partial charge is 0.220 e. The van der Waals surface area contributed by atoms with Gasteiger partial charge in [0.1, 0.15) is 5.75 Å². The molecule has 4 nitrogen and oxygen atoms in total. The van der Waals surface area contributed by atoms with E-state index >= 15 is 0 Å². The molecule has 1 heterocycles. The molecule has 0 aliphatic carbocycles. The van der Waals surface area contributed by atoms with E-state index < -0.39 is 0 Å². The Bertz CT molecular complexity index is 480. The molecular weight excluding hydrogens is 264 g/mol. The van der Waals surface area contributed by atoms with E-state index in [0.717, 1.165) is 51.3 Å². The Hall–Kier alpha value is -1.55. The van der Waals surface area contributed by atoms with Crippen LogP contribution in [-0.4, -0.2) is 37.0 Å². The Morgan fingerprint density at radius 2 is 2.05 bits per heavy atom. The summed E-state index contributed by atoms with van der Waals surface area (Å²) in [5, 5.41) is 0. The number of nitrogens with zero attached hydrogens (tertiary/aromatic N) is 1. The monoisotopic (exact) mass is 290 g/mol. The van der Waals surface area contributed by atoms with Crippen LogP contribution in [0, 0.1) is 19.8 Å². The highest BCUT2D eigenvalue weighted by Crippen LogP contribution is 2.20. The first-order valence-electron chi connectivity index (χ1n) is 7.78. The first-order valence-corrected chi connectivity index (χ1v) is 7.78. The Morgan fingerprint density at radius 1 is 1.33 bits per heavy atom. The van der Waals surface area contributed by atoms with E-state index in [1.54, 1.807) is 0 Å². The van der Waals surface area contributed by atoms with Gasteiger partial charge in [0.2, 0.25) is 5.91 Å². The number of likely N-dealkylation sites (tertiary alicyclic amines) is 1. The van der Waals surface area contributed by atoms with E-state index in [0.29, 0.717) is 0 Å². The average Bonchev–Trinajstić information content (AvgIpc) is 2.47. The molecule has 1 fully saturated rings. The van der Waals surface area contributed by atoms with Crippen molar-refractivity contribution in [2.45, 2.75) is 33.1 Å². The molecule has 0 bridgehead atoms. The van der Waals surface area contributed by atoms with Gasteiger partial charge in [0.05, 0.1) is 6.61 Å². The van der Waals surface area contributed by atoms with Gasteiger partial charge in [0.25, 0.3) is 0 Å². The number of benzene rings is 1. The van der Waals surface area contributed by atoms with Gasteiger partial charge >= 0.3 is 0 Å². The van der Waals surface area contributed by atoms with Crippen molar-refractivity contribution < 1.29 is 9.53 Å². The predicted molar refractivity (Wildman–Crippen MR) is 84.4 cm³/mol. The van der Waals surface area contributed by atoms with E-state index in [4.69, 9.17) is 10.5 Å². The SMILES string of the molecule is Cc1ccc(C)c(OCCCN2CCC(C(N)=O)CC2)c1. The lowest BCUT2D eigenvalue weighted by molar-refractivity contribution is -0.123. The standard InChI is InChI=1S/C17H26N2O2/c1-13-4-5-14(2)16(12-13)21-11-3-8-19-9-6-15(7-10-19)17(18)20/h4-5,12,15H,3,6-11H2,1-2H3,(H2,18,20). The number of primary amides is 1. The highest BCUT2D eigenvalue weighted by molar-refractivity contribution is 5.76. The van der Waals surface area contributed by atoms with Gasteiger partial charge in [-0.25, -0.2) is 0 Å². The van der Waals surface area contributed by atoms with Gasteiger partial charge in [-0.2, -0.15) is 0 Å². The van der Waals surface area contributed by atoms with Gasteiger partial charge in [-0.3, -0.25) is 4.79 Å². The van der Waals surface area contributed by atoms with Gasteiger partial charge in [0, 0.05) is 12.5 Å². The molecule has 0 aromatic heterocycles. The maximum atomic E-state index is 11.1. The highest BCUT2D eigenvalue weighted by Gasteiger charge is 2.22. The van der Waals surface area contributed by atoms with Gasteiger partial charge in [-0.1, -0.05) is 12.1 Å². The molecule has 2 N–H and O–H groups in total. The molecule has 1 saturated heterocycles. The molecule has 116 valence electrons. The molecule has 0 spiro atoms. The molecule has 0 atom stereocenters. The van der Waals surface area contributed by atoms with Crippen LogP contribution in [0.3, 0.4) is 0 Å². The maximum absolute atomic E-state index is 11.1. The number of rotatable bonds is 6. The lowest BCUT2D eigenvalue weighted by Crippen LogP contribution is -2.39. The number of carbonyl (C=O) groups excluding carboxylic acids is 1. The lowest BCUT2D eigenvalue weighted by atomic mass is 9.96. The van der Waals surface area contributed by atoms with Crippen LogP contribution in [0.25, 0.3) is 0 Å². The summed E-state index contributed by atoms with van der Waals surface area (Å²) in [4.78, 5) is 13.5. The third-order valence-corrected chi connectivity index (χ3v) is 4.21. The molecule has 1 amide bonds. The second-order valence-corrected chi connectivity index (χ2v) is 5.99. The van der Waals surface area contributed by atoms with Crippen molar-refractivity contribution in [3.63, 3.8) is 0 Å². The van der Waals surface area contributed by atoms with Gasteiger partial charge < -0.3 is 15.4 Å². The molecule has 0 unspecified atom stereocenters. The molecular formula is C17H26N2O2. The summed E-state index contributed by atoms with van der Waals surface area (Å²) in [7, 11) is 0. The van der Waals surface area contributed by atoms with E-state index in [1.807, 2.05) is 0 Å². The number of nitrogens with two attached hydrogens (primary N) is 1. The molecule has 1 aromatic rings. The molecule has 21 heavy (non-hydrogen) atoms. The van der Waals surface area contributed by atoms with Gasteiger partial charge in [-0.05, 0) is 63.4 Å². The fourth-order valence-corrected chi connectivity index (χ4v) is 2.77. The van der Waals surface area contributed by atoms with Crippen LogP contribution in [-0.2, 0) is 4.79 Å². The Labute approximate surface area is 127 Å². The molecule has 1 aliphatic rings. The topological polar surface area (TPSA) is 55.6 Å². The first kappa shape index (κ1) is 15.8. The van der Waals surface area contributed by atoms with Gasteiger partial charge in [-0.15, -0.1) is 0 Å². The zero-order valence-electron chi connectivity index (χ0n) is 13.1. The first-order chi connectivity index (χ1) is 10.1. The molecule has 1 aliphatic heterocycles. The quantitative estimate of drug-likeness (QED) is 0.818. The summed E-state index contributed by atoms with van der Waals surface area (Å²) in [6.45, 7) is 7.85. The summed E-state index contributed by atoms with van der Waals surface area (Å²) < 4.78 is 5.87. The summed E-state index contributed by atoms with van der Waals surface area (Å²) >= 11 is 0. The van der Waals surface area contributed by atoms with Crippen LogP contribution >= 0.6 is 0 Å². The molecule has 1 aromatic carbocycles. The van der Waals surface area contributed by atoms with Crippen molar-refractivity contribution in [2.24, 2.45) is 11.7 Å². The Balaban J connectivity index is 1.66. The van der Waals surface area contributed by atoms with E-state index in [-0.39, 0.29) is 11.8 Å². The van der Waals surface area contributed by atoms with Crippen LogP contribution in [0.2, 0.25) is 0 Å². The number of piperidine rings is 1. The normalized spacial score (nSPS) is 16.9.